The monoisotopic (exact) mass is 469 g/mol. The van der Waals surface area contributed by atoms with Crippen LogP contribution in [0, 0.1) is 5.95 Å². The summed E-state index contributed by atoms with van der Waals surface area (Å²) in [4.78, 5) is 33.4. The molecule has 7 nitrogen and oxygen atoms in total. The van der Waals surface area contributed by atoms with Crippen LogP contribution in [0.1, 0.15) is 27.0 Å². The number of allylic oxidation sites excluding steroid dienone is 1. The fraction of sp³-hybridized carbons (Fsp3) is 0.111. The molecule has 0 unspecified atom stereocenters. The Labute approximate surface area is 201 Å². The first kappa shape index (κ1) is 23.6. The molecule has 0 saturated carbocycles. The normalized spacial score (nSPS) is 11.8. The molecule has 0 bridgehead atoms. The number of nitrogens with two attached hydrogens (primary N) is 1. The van der Waals surface area contributed by atoms with E-state index in [-0.39, 0.29) is 18.0 Å². The maximum Gasteiger partial charge on any atom is 0.258 e. The van der Waals surface area contributed by atoms with Crippen LogP contribution in [-0.2, 0) is 13.1 Å². The highest BCUT2D eigenvalue weighted by Gasteiger charge is 2.10. The van der Waals surface area contributed by atoms with Crippen LogP contribution < -0.4 is 16.6 Å². The number of benzene rings is 2. The number of halogens is 1. The second-order valence-electron chi connectivity index (χ2n) is 7.89. The van der Waals surface area contributed by atoms with Crippen LogP contribution in [0.5, 0.6) is 0 Å². The molecule has 35 heavy (non-hydrogen) atoms. The topological polar surface area (TPSA) is 102 Å². The average molecular weight is 470 g/mol. The molecule has 0 fully saturated rings. The summed E-state index contributed by atoms with van der Waals surface area (Å²) in [6, 6.07) is 17.4. The summed E-state index contributed by atoms with van der Waals surface area (Å²) in [6.45, 7) is 0.491. The number of amides is 1. The maximum atomic E-state index is 13.2. The summed E-state index contributed by atoms with van der Waals surface area (Å²) in [6.07, 6.45) is 6.23. The molecule has 4 aromatic rings. The molecule has 4 rings (SSSR count). The summed E-state index contributed by atoms with van der Waals surface area (Å²) < 4.78 is 14.8. The quantitative estimate of drug-likeness (QED) is 0.320. The Kier molecular flexibility index (Phi) is 7.11. The van der Waals surface area contributed by atoms with Crippen LogP contribution in [0.15, 0.2) is 95.1 Å². The highest BCUT2D eigenvalue weighted by molar-refractivity contribution is 6.10. The molecule has 176 valence electrons. The molecule has 2 heterocycles. The van der Waals surface area contributed by atoms with Crippen molar-refractivity contribution >= 4 is 22.4 Å². The molecule has 0 aliphatic rings. The van der Waals surface area contributed by atoms with Gasteiger partial charge in [-0.3, -0.25) is 14.6 Å². The maximum absolute atomic E-state index is 13.2. The number of aromatic nitrogens is 2. The summed E-state index contributed by atoms with van der Waals surface area (Å²) in [5.41, 5.74) is 8.83. The highest BCUT2D eigenvalue weighted by Crippen LogP contribution is 2.15. The fourth-order valence-corrected chi connectivity index (χ4v) is 3.81. The molecule has 1 amide bonds. The lowest BCUT2D eigenvalue weighted by atomic mass is 10.0. The minimum Gasteiger partial charge on any atom is -0.405 e. The van der Waals surface area contributed by atoms with Crippen molar-refractivity contribution in [3.63, 3.8) is 0 Å². The van der Waals surface area contributed by atoms with Crippen molar-refractivity contribution < 1.29 is 9.18 Å². The molecule has 0 spiro atoms. The van der Waals surface area contributed by atoms with E-state index in [1.54, 1.807) is 54.2 Å². The van der Waals surface area contributed by atoms with Gasteiger partial charge in [0, 0.05) is 42.5 Å². The molecule has 0 aliphatic heterocycles. The molecule has 2 aromatic carbocycles. The second-order valence-corrected chi connectivity index (χ2v) is 7.89. The third-order valence-corrected chi connectivity index (χ3v) is 5.55. The number of fused-ring (bicyclic) bond motifs is 1. The van der Waals surface area contributed by atoms with Gasteiger partial charge in [-0.25, -0.2) is 4.98 Å². The summed E-state index contributed by atoms with van der Waals surface area (Å²) in [5.74, 6) is -0.885. The SMILES string of the molecule is CN=C(/C=C\N)c1ccc2c(=O)n(Cc3cccc(C(=O)NCc4ccnc(F)c4)c3)ccc2c1. The predicted molar refractivity (Wildman–Crippen MR) is 135 cm³/mol. The van der Waals surface area contributed by atoms with Crippen molar-refractivity contribution in [2.75, 3.05) is 7.05 Å². The number of carbonyl (C=O) groups is 1. The van der Waals surface area contributed by atoms with Gasteiger partial charge in [-0.1, -0.05) is 18.2 Å². The van der Waals surface area contributed by atoms with E-state index in [2.05, 4.69) is 15.3 Å². The average Bonchev–Trinajstić information content (AvgIpc) is 2.87. The number of rotatable bonds is 7. The van der Waals surface area contributed by atoms with Gasteiger partial charge < -0.3 is 15.6 Å². The number of nitrogens with zero attached hydrogens (tertiary/aromatic N) is 3. The Morgan fingerprint density at radius 2 is 1.97 bits per heavy atom. The van der Waals surface area contributed by atoms with Crippen LogP contribution in [0.2, 0.25) is 0 Å². The Hall–Kier alpha value is -4.59. The number of hydrogen-bond acceptors (Lipinski definition) is 5. The second kappa shape index (κ2) is 10.6. The number of hydrogen-bond donors (Lipinski definition) is 2. The largest absolute Gasteiger partial charge is 0.405 e. The molecule has 2 aromatic heterocycles. The minimum absolute atomic E-state index is 0.132. The first-order chi connectivity index (χ1) is 17.0. The Morgan fingerprint density at radius 1 is 1.11 bits per heavy atom. The van der Waals surface area contributed by atoms with E-state index in [1.165, 1.54) is 18.5 Å². The van der Waals surface area contributed by atoms with Crippen molar-refractivity contribution in [3.05, 3.63) is 124 Å². The summed E-state index contributed by atoms with van der Waals surface area (Å²) in [7, 11) is 1.69. The van der Waals surface area contributed by atoms with E-state index in [1.807, 2.05) is 24.3 Å². The standard InChI is InChI=1S/C27H24FN5O2/c1-30-24(7-10-29)21-5-6-23-20(15-21)9-12-33(27(23)35)17-19-3-2-4-22(13-19)26(34)32-16-18-8-11-31-25(28)14-18/h2-15H,16-17,29H2,1H3,(H,32,34)/b10-7-,30-24?. The van der Waals surface area contributed by atoms with E-state index < -0.39 is 5.95 Å². The van der Waals surface area contributed by atoms with E-state index in [9.17, 15) is 14.0 Å². The van der Waals surface area contributed by atoms with Gasteiger partial charge in [0.15, 0.2) is 0 Å². The molecule has 0 saturated heterocycles. The Morgan fingerprint density at radius 3 is 2.74 bits per heavy atom. The molecular formula is C27H24FN5O2. The number of nitrogens with one attached hydrogen (secondary N) is 1. The van der Waals surface area contributed by atoms with Crippen molar-refractivity contribution in [2.24, 2.45) is 10.7 Å². The first-order valence-corrected chi connectivity index (χ1v) is 10.9. The van der Waals surface area contributed by atoms with E-state index in [0.29, 0.717) is 23.1 Å². The van der Waals surface area contributed by atoms with E-state index >= 15 is 0 Å². The predicted octanol–water partition coefficient (Wildman–Crippen LogP) is 3.41. The van der Waals surface area contributed by atoms with Gasteiger partial charge in [-0.05, 0) is 71.3 Å². The zero-order chi connectivity index (χ0) is 24.8. The molecule has 8 heteroatoms. The number of aliphatic imine (C=N–C) groups is 1. The zero-order valence-corrected chi connectivity index (χ0v) is 19.1. The van der Waals surface area contributed by atoms with E-state index in [0.717, 1.165) is 22.2 Å². The molecular weight excluding hydrogens is 445 g/mol. The third kappa shape index (κ3) is 5.50. The summed E-state index contributed by atoms with van der Waals surface area (Å²) >= 11 is 0. The van der Waals surface area contributed by atoms with Gasteiger partial charge in [0.25, 0.3) is 11.5 Å². The van der Waals surface area contributed by atoms with Crippen LogP contribution in [-0.4, -0.2) is 28.2 Å². The smallest absolute Gasteiger partial charge is 0.258 e. The van der Waals surface area contributed by atoms with E-state index in [4.69, 9.17) is 5.73 Å². The number of pyridine rings is 2. The lowest BCUT2D eigenvalue weighted by molar-refractivity contribution is 0.0950. The van der Waals surface area contributed by atoms with Crippen molar-refractivity contribution in [1.82, 2.24) is 14.9 Å². The van der Waals surface area contributed by atoms with Gasteiger partial charge in [-0.15, -0.1) is 0 Å². The van der Waals surface area contributed by atoms with Crippen molar-refractivity contribution in [3.8, 4) is 0 Å². The third-order valence-electron chi connectivity index (χ3n) is 5.55. The molecule has 0 atom stereocenters. The Bertz CT molecular complexity index is 1510. The lowest BCUT2D eigenvalue weighted by Gasteiger charge is -2.10. The summed E-state index contributed by atoms with van der Waals surface area (Å²) in [5, 5.41) is 4.16. The van der Waals surface area contributed by atoms with Crippen LogP contribution >= 0.6 is 0 Å². The lowest BCUT2D eigenvalue weighted by Crippen LogP contribution is -2.23. The molecule has 0 radical (unpaired) electrons. The molecule has 3 N–H and O–H groups in total. The van der Waals surface area contributed by atoms with Crippen LogP contribution in [0.3, 0.4) is 0 Å². The van der Waals surface area contributed by atoms with Gasteiger partial charge in [0.2, 0.25) is 5.95 Å². The minimum atomic E-state index is -0.595. The van der Waals surface area contributed by atoms with Crippen LogP contribution in [0.4, 0.5) is 4.39 Å². The zero-order valence-electron chi connectivity index (χ0n) is 19.1. The molecule has 0 aliphatic carbocycles. The Balaban J connectivity index is 1.52. The number of carbonyl (C=O) groups excluding carboxylic acids is 1. The van der Waals surface area contributed by atoms with Gasteiger partial charge in [0.1, 0.15) is 0 Å². The van der Waals surface area contributed by atoms with Gasteiger partial charge >= 0.3 is 0 Å². The first-order valence-electron chi connectivity index (χ1n) is 10.9. The fourth-order valence-electron chi connectivity index (χ4n) is 3.81. The highest BCUT2D eigenvalue weighted by atomic mass is 19.1. The van der Waals surface area contributed by atoms with Gasteiger partial charge in [0.05, 0.1) is 12.3 Å². The van der Waals surface area contributed by atoms with Crippen molar-refractivity contribution in [2.45, 2.75) is 13.1 Å². The van der Waals surface area contributed by atoms with Crippen LogP contribution in [0.25, 0.3) is 10.8 Å². The van der Waals surface area contributed by atoms with Gasteiger partial charge in [-0.2, -0.15) is 4.39 Å². The van der Waals surface area contributed by atoms with Crippen molar-refractivity contribution in [1.29, 1.82) is 0 Å².